The molecular weight excluding hydrogens is 436 g/mol. The van der Waals surface area contributed by atoms with Crippen LogP contribution in [0.5, 0.6) is 0 Å². The SMILES string of the molecule is C=C(C)N(C)C.C=CC1C=CC([C@](C)(CC)C(C=C)c2ccc(C(C)C)cc2)=CC1N(C)CC1CC1. The van der Waals surface area contributed by atoms with Gasteiger partial charge >= 0.3 is 0 Å². The number of allylic oxidation sites excluding steroid dienone is 4. The van der Waals surface area contributed by atoms with Gasteiger partial charge in [0.05, 0.1) is 0 Å². The van der Waals surface area contributed by atoms with Crippen molar-refractivity contribution >= 4 is 0 Å². The van der Waals surface area contributed by atoms with Crippen LogP contribution < -0.4 is 0 Å². The number of benzene rings is 1. The average molecular weight is 489 g/mol. The van der Waals surface area contributed by atoms with Crippen molar-refractivity contribution in [2.45, 2.75) is 71.8 Å². The molecule has 0 aliphatic heterocycles. The molecule has 3 rings (SSSR count). The third-order valence-electron chi connectivity index (χ3n) is 8.31. The second kappa shape index (κ2) is 13.3. The Labute approximate surface area is 223 Å². The molecule has 36 heavy (non-hydrogen) atoms. The predicted octanol–water partition coefficient (Wildman–Crippen LogP) is 8.59. The Balaban J connectivity index is 0.000000678. The lowest BCUT2D eigenvalue weighted by molar-refractivity contribution is 0.239. The van der Waals surface area contributed by atoms with Crippen LogP contribution in [0.25, 0.3) is 0 Å². The summed E-state index contributed by atoms with van der Waals surface area (Å²) in [7, 11) is 6.23. The minimum Gasteiger partial charge on any atom is -0.382 e. The lowest BCUT2D eigenvalue weighted by atomic mass is 9.65. The van der Waals surface area contributed by atoms with Crippen molar-refractivity contribution in [3.63, 3.8) is 0 Å². The summed E-state index contributed by atoms with van der Waals surface area (Å²) in [6, 6.07) is 9.59. The molecule has 0 aromatic heterocycles. The van der Waals surface area contributed by atoms with E-state index in [4.69, 9.17) is 0 Å². The Bertz CT molecular complexity index is 928. The number of nitrogens with zero attached hydrogens (tertiary/aromatic N) is 2. The molecule has 0 radical (unpaired) electrons. The van der Waals surface area contributed by atoms with Crippen LogP contribution in [-0.2, 0) is 0 Å². The van der Waals surface area contributed by atoms with Crippen LogP contribution in [0.2, 0.25) is 0 Å². The normalized spacial score (nSPS) is 21.7. The summed E-state index contributed by atoms with van der Waals surface area (Å²) < 4.78 is 0. The highest BCUT2D eigenvalue weighted by Crippen LogP contribution is 2.48. The van der Waals surface area contributed by atoms with Gasteiger partial charge in [0.15, 0.2) is 0 Å². The summed E-state index contributed by atoms with van der Waals surface area (Å²) in [6.45, 7) is 24.5. The molecule has 0 bridgehead atoms. The molecule has 0 spiro atoms. The van der Waals surface area contributed by atoms with Gasteiger partial charge in [-0.2, -0.15) is 0 Å². The minimum absolute atomic E-state index is 0.0163. The maximum atomic E-state index is 4.26. The van der Waals surface area contributed by atoms with Gasteiger partial charge in [0.2, 0.25) is 0 Å². The van der Waals surface area contributed by atoms with E-state index in [1.165, 1.54) is 36.1 Å². The molecule has 0 saturated heterocycles. The molecule has 0 heterocycles. The highest BCUT2D eigenvalue weighted by atomic mass is 15.1. The third-order valence-corrected chi connectivity index (χ3v) is 8.31. The number of hydrogen-bond acceptors (Lipinski definition) is 2. The molecule has 1 fully saturated rings. The van der Waals surface area contributed by atoms with Crippen molar-refractivity contribution in [1.29, 1.82) is 0 Å². The van der Waals surface area contributed by atoms with Gasteiger partial charge in [-0.05, 0) is 61.8 Å². The van der Waals surface area contributed by atoms with E-state index in [1.807, 2.05) is 25.9 Å². The van der Waals surface area contributed by atoms with Crippen LogP contribution in [0, 0.1) is 17.3 Å². The van der Waals surface area contributed by atoms with Gasteiger partial charge in [-0.15, -0.1) is 13.2 Å². The molecule has 2 nitrogen and oxygen atoms in total. The zero-order valence-corrected chi connectivity index (χ0v) is 24.4. The summed E-state index contributed by atoms with van der Waals surface area (Å²) in [5, 5.41) is 0. The van der Waals surface area contributed by atoms with Crippen molar-refractivity contribution in [1.82, 2.24) is 9.80 Å². The molecule has 1 saturated carbocycles. The molecule has 1 aromatic carbocycles. The zero-order valence-electron chi connectivity index (χ0n) is 24.4. The van der Waals surface area contributed by atoms with Crippen LogP contribution in [-0.4, -0.2) is 43.5 Å². The van der Waals surface area contributed by atoms with Gasteiger partial charge in [-0.1, -0.05) is 88.9 Å². The highest BCUT2D eigenvalue weighted by molar-refractivity contribution is 5.41. The number of hydrogen-bond donors (Lipinski definition) is 0. The fourth-order valence-corrected chi connectivity index (χ4v) is 4.98. The largest absolute Gasteiger partial charge is 0.382 e. The van der Waals surface area contributed by atoms with E-state index in [0.717, 1.165) is 18.0 Å². The summed E-state index contributed by atoms with van der Waals surface area (Å²) >= 11 is 0. The Morgan fingerprint density at radius 2 is 1.64 bits per heavy atom. The molecule has 0 N–H and O–H groups in total. The van der Waals surface area contributed by atoms with Gasteiger partial charge in [-0.25, -0.2) is 0 Å². The van der Waals surface area contributed by atoms with E-state index >= 15 is 0 Å². The van der Waals surface area contributed by atoms with E-state index in [9.17, 15) is 0 Å². The Hall–Kier alpha value is -2.32. The summed E-state index contributed by atoms with van der Waals surface area (Å²) in [6.07, 6.45) is 15.4. The molecule has 198 valence electrons. The topological polar surface area (TPSA) is 6.48 Å². The quantitative estimate of drug-likeness (QED) is 0.288. The van der Waals surface area contributed by atoms with Gasteiger partial charge in [0.25, 0.3) is 0 Å². The van der Waals surface area contributed by atoms with Crippen molar-refractivity contribution in [3.8, 4) is 0 Å². The maximum Gasteiger partial charge on any atom is 0.0378 e. The third kappa shape index (κ3) is 7.59. The minimum atomic E-state index is 0.0163. The highest BCUT2D eigenvalue weighted by Gasteiger charge is 2.37. The van der Waals surface area contributed by atoms with Crippen LogP contribution >= 0.6 is 0 Å². The lowest BCUT2D eigenvalue weighted by Gasteiger charge is -2.41. The maximum absolute atomic E-state index is 4.26. The summed E-state index contributed by atoms with van der Waals surface area (Å²) in [5.74, 6) is 2.11. The average Bonchev–Trinajstić information content (AvgIpc) is 3.68. The second-order valence-corrected chi connectivity index (χ2v) is 11.6. The van der Waals surface area contributed by atoms with Gasteiger partial charge < -0.3 is 4.90 Å². The molecule has 2 aliphatic carbocycles. The first-order chi connectivity index (χ1) is 17.0. The molecule has 0 amide bonds. The van der Waals surface area contributed by atoms with Crippen LogP contribution in [0.15, 0.2) is 85.7 Å². The van der Waals surface area contributed by atoms with E-state index in [1.54, 1.807) is 0 Å². The van der Waals surface area contributed by atoms with Crippen LogP contribution in [0.1, 0.15) is 76.8 Å². The first kappa shape index (κ1) is 29.9. The number of rotatable bonds is 11. The fourth-order valence-electron chi connectivity index (χ4n) is 4.98. The standard InChI is InChI=1S/C29H41N.C5H11N/c1-8-23-17-18-26(19-28(23)30(7)20-22-11-12-22)29(6,10-3)27(9-2)25-15-13-24(14-16-25)21(4)5;1-5(2)6(3)4/h8-9,13-19,21-23,27-28H,1-2,10-12,20H2,3-7H3;1H2,2-4H3/t23?,27?,28?,29-;/m0./s1. The fraction of sp³-hybridized carbons (Fsp3) is 0.529. The molecule has 4 atom stereocenters. The van der Waals surface area contributed by atoms with Crippen molar-refractivity contribution in [2.75, 3.05) is 27.7 Å². The monoisotopic (exact) mass is 488 g/mol. The molecular formula is C34H52N2. The van der Waals surface area contributed by atoms with E-state index in [0.29, 0.717) is 17.9 Å². The Morgan fingerprint density at radius 3 is 2.06 bits per heavy atom. The molecule has 1 aromatic rings. The first-order valence-corrected chi connectivity index (χ1v) is 13.8. The lowest BCUT2D eigenvalue weighted by Crippen LogP contribution is -2.39. The molecule has 2 aliphatic rings. The molecule has 3 unspecified atom stereocenters. The summed E-state index contributed by atoms with van der Waals surface area (Å²) in [4.78, 5) is 4.52. The summed E-state index contributed by atoms with van der Waals surface area (Å²) in [5.41, 5.74) is 5.31. The second-order valence-electron chi connectivity index (χ2n) is 11.6. The van der Waals surface area contributed by atoms with Gasteiger partial charge in [0.1, 0.15) is 0 Å². The van der Waals surface area contributed by atoms with Crippen molar-refractivity contribution in [3.05, 3.63) is 96.8 Å². The zero-order chi connectivity index (χ0) is 27.0. The predicted molar refractivity (Wildman–Crippen MR) is 160 cm³/mol. The van der Waals surface area contributed by atoms with Gasteiger partial charge in [-0.3, -0.25) is 4.90 Å². The van der Waals surface area contributed by atoms with E-state index in [2.05, 4.69) is 114 Å². The van der Waals surface area contributed by atoms with Gasteiger partial charge in [0, 0.05) is 49.6 Å². The van der Waals surface area contributed by atoms with Crippen molar-refractivity contribution in [2.24, 2.45) is 17.3 Å². The smallest absolute Gasteiger partial charge is 0.0378 e. The molecule has 2 heteroatoms. The van der Waals surface area contributed by atoms with Crippen LogP contribution in [0.3, 0.4) is 0 Å². The Morgan fingerprint density at radius 1 is 1.08 bits per heavy atom. The number of likely N-dealkylation sites (N-methyl/N-ethyl adjacent to an activating group) is 1. The van der Waals surface area contributed by atoms with E-state index < -0.39 is 0 Å². The Kier molecular flexibility index (Phi) is 11.0. The van der Waals surface area contributed by atoms with E-state index in [-0.39, 0.29) is 11.3 Å². The van der Waals surface area contributed by atoms with Crippen LogP contribution in [0.4, 0.5) is 0 Å². The first-order valence-electron chi connectivity index (χ1n) is 13.8. The van der Waals surface area contributed by atoms with Crippen molar-refractivity contribution < 1.29 is 0 Å².